The van der Waals surface area contributed by atoms with Crippen LogP contribution in [0.25, 0.3) is 0 Å². The molecule has 1 aromatic heterocycles. The fraction of sp³-hybridized carbons (Fsp3) is 0.444. The number of aliphatic hydroxyl groups is 1. The highest BCUT2D eigenvalue weighted by atomic mass is 19.4. The molecule has 14 heavy (non-hydrogen) atoms. The van der Waals surface area contributed by atoms with Crippen molar-refractivity contribution in [2.45, 2.75) is 25.1 Å². The summed E-state index contributed by atoms with van der Waals surface area (Å²) in [6.07, 6.45) is -5.57. The van der Waals surface area contributed by atoms with E-state index in [4.69, 9.17) is 5.11 Å². The van der Waals surface area contributed by atoms with Gasteiger partial charge in [0, 0.05) is 17.8 Å². The predicted octanol–water partition coefficient (Wildman–Crippen LogP) is 2.11. The first-order valence-corrected chi connectivity index (χ1v) is 4.08. The Kier molecular flexibility index (Phi) is 3.10. The van der Waals surface area contributed by atoms with Crippen molar-refractivity contribution in [1.29, 1.82) is 0 Å². The van der Waals surface area contributed by atoms with Gasteiger partial charge >= 0.3 is 6.18 Å². The molecule has 0 radical (unpaired) electrons. The molecule has 0 unspecified atom stereocenters. The van der Waals surface area contributed by atoms with E-state index in [0.717, 1.165) is 0 Å². The molecular formula is C9H10F3NO. The maximum absolute atomic E-state index is 12.1. The minimum Gasteiger partial charge on any atom is -0.383 e. The molecule has 0 aliphatic heterocycles. The van der Waals surface area contributed by atoms with Crippen molar-refractivity contribution in [3.05, 3.63) is 30.1 Å². The number of rotatable bonds is 2. The van der Waals surface area contributed by atoms with E-state index in [2.05, 4.69) is 4.98 Å². The summed E-state index contributed by atoms with van der Waals surface area (Å²) in [6, 6.07) is 4.65. The van der Waals surface area contributed by atoms with E-state index in [9.17, 15) is 13.2 Å². The van der Waals surface area contributed by atoms with Gasteiger partial charge < -0.3 is 5.11 Å². The van der Waals surface area contributed by atoms with Gasteiger partial charge in [-0.1, -0.05) is 13.0 Å². The van der Waals surface area contributed by atoms with Gasteiger partial charge in [0.1, 0.15) is 0 Å². The summed E-state index contributed by atoms with van der Waals surface area (Å²) in [4.78, 5) is 3.75. The first-order valence-electron chi connectivity index (χ1n) is 4.08. The molecule has 0 amide bonds. The Balaban J connectivity index is 2.81. The average molecular weight is 205 g/mol. The van der Waals surface area contributed by atoms with Gasteiger partial charge in [0.2, 0.25) is 0 Å². The summed E-state index contributed by atoms with van der Waals surface area (Å²) in [6.45, 7) is 1.29. The number of aliphatic hydroxyl groups excluding tert-OH is 1. The Morgan fingerprint density at radius 3 is 2.43 bits per heavy atom. The lowest BCUT2D eigenvalue weighted by Gasteiger charge is -2.20. The zero-order chi connectivity index (χ0) is 10.8. The summed E-state index contributed by atoms with van der Waals surface area (Å²) >= 11 is 0. The molecule has 0 bridgehead atoms. The monoisotopic (exact) mass is 205 g/mol. The molecule has 0 saturated carbocycles. The van der Waals surface area contributed by atoms with Crippen LogP contribution in [0.4, 0.5) is 13.2 Å². The molecule has 1 heterocycles. The smallest absolute Gasteiger partial charge is 0.383 e. The summed E-state index contributed by atoms with van der Waals surface area (Å²) in [5.74, 6) is -1.05. The molecule has 78 valence electrons. The topological polar surface area (TPSA) is 33.1 Å². The molecule has 0 saturated heterocycles. The zero-order valence-electron chi connectivity index (χ0n) is 7.49. The third kappa shape index (κ3) is 2.45. The van der Waals surface area contributed by atoms with E-state index in [0.29, 0.717) is 0 Å². The van der Waals surface area contributed by atoms with Crippen molar-refractivity contribution in [2.75, 3.05) is 0 Å². The second kappa shape index (κ2) is 3.96. The Morgan fingerprint density at radius 2 is 2.00 bits per heavy atom. The number of pyridine rings is 1. The number of alkyl halides is 3. The normalized spacial score (nSPS) is 16.4. The Morgan fingerprint density at radius 1 is 1.36 bits per heavy atom. The number of hydrogen-bond donors (Lipinski definition) is 1. The zero-order valence-corrected chi connectivity index (χ0v) is 7.49. The van der Waals surface area contributed by atoms with Crippen LogP contribution >= 0.6 is 0 Å². The second-order valence-corrected chi connectivity index (χ2v) is 3.03. The van der Waals surface area contributed by atoms with Crippen molar-refractivity contribution >= 4 is 0 Å². The van der Waals surface area contributed by atoms with Crippen molar-refractivity contribution in [2.24, 2.45) is 0 Å². The molecule has 1 N–H and O–H groups in total. The quantitative estimate of drug-likeness (QED) is 0.802. The first kappa shape index (κ1) is 11.0. The summed E-state index contributed by atoms with van der Waals surface area (Å²) in [7, 11) is 0. The maximum atomic E-state index is 12.1. The van der Waals surface area contributed by atoms with Crippen LogP contribution < -0.4 is 0 Å². The van der Waals surface area contributed by atoms with Crippen molar-refractivity contribution in [3.63, 3.8) is 0 Å². The Bertz CT molecular complexity index is 286. The van der Waals surface area contributed by atoms with Crippen molar-refractivity contribution in [1.82, 2.24) is 4.98 Å². The van der Waals surface area contributed by atoms with E-state index in [1.807, 2.05) is 0 Å². The van der Waals surface area contributed by atoms with Crippen LogP contribution in [0.1, 0.15) is 18.5 Å². The van der Waals surface area contributed by atoms with Gasteiger partial charge in [-0.15, -0.1) is 0 Å². The minimum absolute atomic E-state index is 0.234. The van der Waals surface area contributed by atoms with Crippen LogP contribution in [0, 0.1) is 0 Å². The summed E-state index contributed by atoms with van der Waals surface area (Å²) in [5, 5.41) is 8.94. The van der Waals surface area contributed by atoms with Crippen LogP contribution in [-0.4, -0.2) is 22.4 Å². The third-order valence-electron chi connectivity index (χ3n) is 1.96. The van der Waals surface area contributed by atoms with Gasteiger partial charge in [-0.05, 0) is 12.1 Å². The van der Waals surface area contributed by atoms with Gasteiger partial charge in [-0.2, -0.15) is 13.2 Å². The fourth-order valence-electron chi connectivity index (χ4n) is 1.09. The standard InChI is InChI=1S/C9H10F3NO/c1-6(8(14)9(10,11)12)7-4-2-3-5-13-7/h2-6,8,14H,1H3/t6-,8-/m0/s1. The largest absolute Gasteiger partial charge is 0.414 e. The van der Waals surface area contributed by atoms with E-state index in [1.165, 1.54) is 19.2 Å². The Labute approximate surface area is 79.4 Å². The maximum Gasteiger partial charge on any atom is 0.414 e. The molecule has 0 spiro atoms. The van der Waals surface area contributed by atoms with E-state index in [-0.39, 0.29) is 5.69 Å². The van der Waals surface area contributed by atoms with Crippen molar-refractivity contribution < 1.29 is 18.3 Å². The number of hydrogen-bond acceptors (Lipinski definition) is 2. The van der Waals surface area contributed by atoms with Gasteiger partial charge in [-0.25, -0.2) is 0 Å². The van der Waals surface area contributed by atoms with Crippen molar-refractivity contribution in [3.8, 4) is 0 Å². The van der Waals surface area contributed by atoms with Crippen LogP contribution in [0.5, 0.6) is 0 Å². The van der Waals surface area contributed by atoms with Crippen LogP contribution in [0.15, 0.2) is 24.4 Å². The second-order valence-electron chi connectivity index (χ2n) is 3.03. The van der Waals surface area contributed by atoms with Gasteiger partial charge in [-0.3, -0.25) is 4.98 Å². The number of halogens is 3. The number of nitrogens with zero attached hydrogens (tertiary/aromatic N) is 1. The number of aromatic nitrogens is 1. The molecule has 2 nitrogen and oxygen atoms in total. The summed E-state index contributed by atoms with van der Waals surface area (Å²) < 4.78 is 36.3. The highest BCUT2D eigenvalue weighted by molar-refractivity contribution is 5.10. The molecule has 2 atom stereocenters. The Hall–Kier alpha value is -1.10. The molecule has 1 rings (SSSR count). The highest BCUT2D eigenvalue weighted by Crippen LogP contribution is 2.30. The molecule has 0 aromatic carbocycles. The van der Waals surface area contributed by atoms with E-state index in [1.54, 1.807) is 12.1 Å². The molecule has 1 aromatic rings. The lowest BCUT2D eigenvalue weighted by Crippen LogP contribution is -2.33. The average Bonchev–Trinajstić information content (AvgIpc) is 2.15. The van der Waals surface area contributed by atoms with Gasteiger partial charge in [0.15, 0.2) is 6.10 Å². The molecular weight excluding hydrogens is 195 g/mol. The molecule has 0 aliphatic rings. The highest BCUT2D eigenvalue weighted by Gasteiger charge is 2.42. The molecule has 5 heteroatoms. The van der Waals surface area contributed by atoms with Gasteiger partial charge in [0.25, 0.3) is 0 Å². The molecule has 0 aliphatic carbocycles. The SMILES string of the molecule is C[C@@H](c1ccccn1)[C@H](O)C(F)(F)F. The predicted molar refractivity (Wildman–Crippen MR) is 44.7 cm³/mol. The molecule has 0 fully saturated rings. The van der Waals surface area contributed by atoms with Gasteiger partial charge in [0.05, 0.1) is 0 Å². The first-order chi connectivity index (χ1) is 6.43. The fourth-order valence-corrected chi connectivity index (χ4v) is 1.09. The van der Waals surface area contributed by atoms with E-state index >= 15 is 0 Å². The summed E-state index contributed by atoms with van der Waals surface area (Å²) in [5.41, 5.74) is 0.234. The van der Waals surface area contributed by atoms with E-state index < -0.39 is 18.2 Å². The third-order valence-corrected chi connectivity index (χ3v) is 1.96. The van der Waals surface area contributed by atoms with Crippen LogP contribution in [0.3, 0.4) is 0 Å². The van der Waals surface area contributed by atoms with Crippen LogP contribution in [-0.2, 0) is 0 Å². The lowest BCUT2D eigenvalue weighted by atomic mass is 10.00. The van der Waals surface area contributed by atoms with Crippen LogP contribution in [0.2, 0.25) is 0 Å². The lowest BCUT2D eigenvalue weighted by molar-refractivity contribution is -0.209. The minimum atomic E-state index is -4.60.